The van der Waals surface area contributed by atoms with E-state index in [0.717, 1.165) is 26.3 Å². The van der Waals surface area contributed by atoms with Crippen LogP contribution in [0.15, 0.2) is 24.5 Å². The van der Waals surface area contributed by atoms with E-state index in [9.17, 15) is 0 Å². The Kier molecular flexibility index (Phi) is 2.65. The number of pyridine rings is 1. The lowest BCUT2D eigenvalue weighted by Gasteiger charge is -2.38. The number of ether oxygens (including phenoxy) is 1. The van der Waals surface area contributed by atoms with Crippen molar-refractivity contribution in [2.75, 3.05) is 26.3 Å². The molecule has 1 atom stereocenters. The lowest BCUT2D eigenvalue weighted by molar-refractivity contribution is 0.0165. The third-order valence-electron chi connectivity index (χ3n) is 4.16. The van der Waals surface area contributed by atoms with E-state index in [1.54, 1.807) is 0 Å². The van der Waals surface area contributed by atoms with Crippen LogP contribution in [-0.2, 0) is 4.74 Å². The summed E-state index contributed by atoms with van der Waals surface area (Å²) in [6.45, 7) is 4.08. The Morgan fingerprint density at radius 3 is 2.75 bits per heavy atom. The topological polar surface area (TPSA) is 34.1 Å². The Balaban J connectivity index is 1.89. The predicted octanol–water partition coefficient (Wildman–Crippen LogP) is 1.57. The Hall–Kier alpha value is -0.930. The summed E-state index contributed by atoms with van der Waals surface area (Å²) in [5.41, 5.74) is 1.86. The summed E-state index contributed by atoms with van der Waals surface area (Å²) in [6.07, 6.45) is 6.18. The second-order valence-corrected chi connectivity index (χ2v) is 4.94. The van der Waals surface area contributed by atoms with Gasteiger partial charge in [-0.25, -0.2) is 0 Å². The van der Waals surface area contributed by atoms with Crippen molar-refractivity contribution in [3.05, 3.63) is 30.1 Å². The molecule has 1 aromatic heterocycles. The maximum absolute atomic E-state index is 5.50. The standard InChI is InChI=1S/C13H18N2O/c1-5-14-6-2-11(1)12-9-15-10-13(12)3-7-16-8-4-13/h1-2,5-6,12,15H,3-4,7-10H2. The number of hydrogen-bond acceptors (Lipinski definition) is 3. The average molecular weight is 218 g/mol. The molecule has 2 aliphatic rings. The zero-order valence-electron chi connectivity index (χ0n) is 9.48. The van der Waals surface area contributed by atoms with Gasteiger partial charge in [0, 0.05) is 44.6 Å². The SMILES string of the molecule is c1cc(C2CNCC23CCOCC3)ccn1. The fraction of sp³-hybridized carbons (Fsp3) is 0.615. The van der Waals surface area contributed by atoms with Gasteiger partial charge < -0.3 is 10.1 Å². The zero-order valence-corrected chi connectivity index (χ0v) is 9.48. The van der Waals surface area contributed by atoms with E-state index in [4.69, 9.17) is 4.74 Å². The first-order valence-electron chi connectivity index (χ1n) is 6.09. The number of nitrogens with zero attached hydrogens (tertiary/aromatic N) is 1. The van der Waals surface area contributed by atoms with Crippen LogP contribution in [0, 0.1) is 5.41 Å². The molecule has 0 bridgehead atoms. The minimum atomic E-state index is 0.430. The van der Waals surface area contributed by atoms with Crippen LogP contribution in [0.2, 0.25) is 0 Å². The highest BCUT2D eigenvalue weighted by Gasteiger charge is 2.44. The van der Waals surface area contributed by atoms with Crippen molar-refractivity contribution in [1.82, 2.24) is 10.3 Å². The number of nitrogens with one attached hydrogen (secondary N) is 1. The first kappa shape index (κ1) is 10.2. The Labute approximate surface area is 96.2 Å². The van der Waals surface area contributed by atoms with E-state index in [1.165, 1.54) is 18.4 Å². The van der Waals surface area contributed by atoms with Gasteiger partial charge in [-0.15, -0.1) is 0 Å². The summed E-state index contributed by atoms with van der Waals surface area (Å²) >= 11 is 0. The summed E-state index contributed by atoms with van der Waals surface area (Å²) in [5, 5.41) is 3.56. The number of rotatable bonds is 1. The zero-order chi connectivity index (χ0) is 10.8. The molecule has 16 heavy (non-hydrogen) atoms. The fourth-order valence-electron chi connectivity index (χ4n) is 3.18. The van der Waals surface area contributed by atoms with Crippen molar-refractivity contribution in [2.24, 2.45) is 5.41 Å². The lowest BCUT2D eigenvalue weighted by Crippen LogP contribution is -2.35. The molecule has 3 rings (SSSR count). The smallest absolute Gasteiger partial charge is 0.0472 e. The van der Waals surface area contributed by atoms with E-state index in [-0.39, 0.29) is 0 Å². The van der Waals surface area contributed by atoms with E-state index >= 15 is 0 Å². The van der Waals surface area contributed by atoms with Crippen molar-refractivity contribution < 1.29 is 4.74 Å². The van der Waals surface area contributed by atoms with Gasteiger partial charge in [0.15, 0.2) is 0 Å². The summed E-state index contributed by atoms with van der Waals surface area (Å²) in [4.78, 5) is 4.11. The summed E-state index contributed by atoms with van der Waals surface area (Å²) in [6, 6.07) is 4.32. The van der Waals surface area contributed by atoms with E-state index in [0.29, 0.717) is 11.3 Å². The number of aromatic nitrogens is 1. The quantitative estimate of drug-likeness (QED) is 0.777. The highest BCUT2D eigenvalue weighted by atomic mass is 16.5. The monoisotopic (exact) mass is 218 g/mol. The normalized spacial score (nSPS) is 28.4. The lowest BCUT2D eigenvalue weighted by atomic mass is 9.70. The summed E-state index contributed by atoms with van der Waals surface area (Å²) in [7, 11) is 0. The van der Waals surface area contributed by atoms with E-state index in [1.807, 2.05) is 12.4 Å². The molecule has 2 fully saturated rings. The van der Waals surface area contributed by atoms with Crippen molar-refractivity contribution in [1.29, 1.82) is 0 Å². The molecule has 0 aromatic carbocycles. The predicted molar refractivity (Wildman–Crippen MR) is 62.3 cm³/mol. The molecule has 86 valence electrons. The molecule has 0 saturated carbocycles. The molecule has 1 unspecified atom stereocenters. The number of hydrogen-bond donors (Lipinski definition) is 1. The minimum Gasteiger partial charge on any atom is -0.381 e. The molecule has 2 aliphatic heterocycles. The third kappa shape index (κ3) is 1.64. The molecule has 1 aromatic rings. The van der Waals surface area contributed by atoms with Gasteiger partial charge in [0.05, 0.1) is 0 Å². The molecule has 1 spiro atoms. The maximum atomic E-state index is 5.50. The van der Waals surface area contributed by atoms with Crippen LogP contribution in [-0.4, -0.2) is 31.3 Å². The van der Waals surface area contributed by atoms with Crippen LogP contribution < -0.4 is 5.32 Å². The van der Waals surface area contributed by atoms with Crippen molar-refractivity contribution in [3.63, 3.8) is 0 Å². The van der Waals surface area contributed by atoms with Crippen LogP contribution in [0.5, 0.6) is 0 Å². The molecule has 2 saturated heterocycles. The average Bonchev–Trinajstić information content (AvgIpc) is 2.75. The van der Waals surface area contributed by atoms with Crippen molar-refractivity contribution >= 4 is 0 Å². The van der Waals surface area contributed by atoms with Crippen LogP contribution in [0.25, 0.3) is 0 Å². The third-order valence-corrected chi connectivity index (χ3v) is 4.16. The Bertz CT molecular complexity index is 346. The van der Waals surface area contributed by atoms with Gasteiger partial charge in [0.2, 0.25) is 0 Å². The molecule has 0 amide bonds. The van der Waals surface area contributed by atoms with Gasteiger partial charge in [-0.1, -0.05) is 0 Å². The fourth-order valence-corrected chi connectivity index (χ4v) is 3.18. The van der Waals surface area contributed by atoms with Gasteiger partial charge in [-0.05, 0) is 36.0 Å². The van der Waals surface area contributed by atoms with E-state index in [2.05, 4.69) is 22.4 Å². The molecular weight excluding hydrogens is 200 g/mol. The minimum absolute atomic E-state index is 0.430. The van der Waals surface area contributed by atoms with Crippen LogP contribution in [0.4, 0.5) is 0 Å². The maximum Gasteiger partial charge on any atom is 0.0472 e. The molecule has 1 N–H and O–H groups in total. The van der Waals surface area contributed by atoms with E-state index < -0.39 is 0 Å². The van der Waals surface area contributed by atoms with Crippen LogP contribution in [0.1, 0.15) is 24.3 Å². The van der Waals surface area contributed by atoms with Crippen molar-refractivity contribution in [2.45, 2.75) is 18.8 Å². The molecule has 3 heterocycles. The van der Waals surface area contributed by atoms with Crippen molar-refractivity contribution in [3.8, 4) is 0 Å². The van der Waals surface area contributed by atoms with Crippen LogP contribution in [0.3, 0.4) is 0 Å². The highest BCUT2D eigenvalue weighted by Crippen LogP contribution is 2.46. The first-order valence-corrected chi connectivity index (χ1v) is 6.09. The van der Waals surface area contributed by atoms with Gasteiger partial charge in [-0.3, -0.25) is 4.98 Å². The van der Waals surface area contributed by atoms with Gasteiger partial charge >= 0.3 is 0 Å². The summed E-state index contributed by atoms with van der Waals surface area (Å²) < 4.78 is 5.50. The second-order valence-electron chi connectivity index (χ2n) is 4.94. The molecule has 3 heteroatoms. The largest absolute Gasteiger partial charge is 0.381 e. The molecule has 3 nitrogen and oxygen atoms in total. The Morgan fingerprint density at radius 1 is 1.25 bits per heavy atom. The van der Waals surface area contributed by atoms with Gasteiger partial charge in [0.25, 0.3) is 0 Å². The summed E-state index contributed by atoms with van der Waals surface area (Å²) in [5.74, 6) is 0.638. The Morgan fingerprint density at radius 2 is 2.00 bits per heavy atom. The molecule has 0 aliphatic carbocycles. The van der Waals surface area contributed by atoms with Gasteiger partial charge in [-0.2, -0.15) is 0 Å². The van der Waals surface area contributed by atoms with Crippen LogP contribution >= 0.6 is 0 Å². The molecule has 0 radical (unpaired) electrons. The molecular formula is C13H18N2O. The first-order chi connectivity index (χ1) is 7.91. The highest BCUT2D eigenvalue weighted by molar-refractivity contribution is 5.22. The second kappa shape index (κ2) is 4.15. The van der Waals surface area contributed by atoms with Gasteiger partial charge in [0.1, 0.15) is 0 Å².